The number of H-pyrrole nitrogens is 1. The van der Waals surface area contributed by atoms with Gasteiger partial charge in [0.1, 0.15) is 5.69 Å². The van der Waals surface area contributed by atoms with Gasteiger partial charge in [0, 0.05) is 12.4 Å². The molecule has 8 nitrogen and oxygen atoms in total. The number of nitrogens with zero attached hydrogens (tertiary/aromatic N) is 3. The Morgan fingerprint density at radius 2 is 2.22 bits per heavy atom. The Kier molecular flexibility index (Phi) is 3.28. The van der Waals surface area contributed by atoms with E-state index in [4.69, 9.17) is 0 Å². The van der Waals surface area contributed by atoms with Gasteiger partial charge in [0.25, 0.3) is 11.5 Å². The number of aromatic amines is 1. The SMILES string of the molecule is Cc1nnc(NNC(=O)c2cccnc2)[nH]c1=O. The standard InChI is InChI=1S/C10H10N6O2/c1-6-8(17)12-10(15-13-6)16-14-9(18)7-3-2-4-11-5-7/h2-5H,1H3,(H,14,18)(H2,12,15,16,17). The molecule has 1 amide bonds. The molecule has 2 aromatic rings. The van der Waals surface area contributed by atoms with E-state index < -0.39 is 5.91 Å². The lowest BCUT2D eigenvalue weighted by Gasteiger charge is -2.06. The summed E-state index contributed by atoms with van der Waals surface area (Å²) < 4.78 is 0. The Balaban J connectivity index is 2.02. The number of nitrogens with one attached hydrogen (secondary N) is 3. The molecule has 8 heteroatoms. The van der Waals surface area contributed by atoms with Gasteiger partial charge < -0.3 is 0 Å². The minimum absolute atomic E-state index is 0.0582. The Morgan fingerprint density at radius 1 is 1.39 bits per heavy atom. The minimum atomic E-state index is -0.397. The van der Waals surface area contributed by atoms with Crippen LogP contribution in [-0.2, 0) is 0 Å². The van der Waals surface area contributed by atoms with Crippen molar-refractivity contribution in [2.75, 3.05) is 5.43 Å². The van der Waals surface area contributed by atoms with Crippen LogP contribution in [0.15, 0.2) is 29.3 Å². The molecule has 0 bridgehead atoms. The fourth-order valence-corrected chi connectivity index (χ4v) is 1.13. The van der Waals surface area contributed by atoms with Gasteiger partial charge in [-0.15, -0.1) is 10.2 Å². The highest BCUT2D eigenvalue weighted by molar-refractivity contribution is 5.94. The molecule has 2 heterocycles. The van der Waals surface area contributed by atoms with Crippen molar-refractivity contribution in [3.63, 3.8) is 0 Å². The quantitative estimate of drug-likeness (QED) is 0.636. The van der Waals surface area contributed by atoms with Crippen LogP contribution in [-0.4, -0.2) is 26.1 Å². The molecule has 92 valence electrons. The summed E-state index contributed by atoms with van der Waals surface area (Å²) in [6, 6.07) is 3.25. The second kappa shape index (κ2) is 5.04. The Bertz CT molecular complexity index is 609. The monoisotopic (exact) mass is 246 g/mol. The molecular formula is C10H10N6O2. The van der Waals surface area contributed by atoms with Crippen molar-refractivity contribution in [2.24, 2.45) is 0 Å². The Hall–Kier alpha value is -2.77. The molecule has 2 rings (SSSR count). The number of carbonyl (C=O) groups is 1. The maximum atomic E-state index is 11.6. The van der Waals surface area contributed by atoms with Crippen LogP contribution in [0.3, 0.4) is 0 Å². The van der Waals surface area contributed by atoms with E-state index in [1.54, 1.807) is 18.3 Å². The van der Waals surface area contributed by atoms with Crippen LogP contribution >= 0.6 is 0 Å². The van der Waals surface area contributed by atoms with E-state index in [9.17, 15) is 9.59 Å². The van der Waals surface area contributed by atoms with Crippen molar-refractivity contribution in [1.29, 1.82) is 0 Å². The Labute approximate surface area is 101 Å². The summed E-state index contributed by atoms with van der Waals surface area (Å²) in [5.74, 6) is -0.339. The predicted molar refractivity (Wildman–Crippen MR) is 62.7 cm³/mol. The summed E-state index contributed by atoms with van der Waals surface area (Å²) in [5, 5.41) is 7.27. The first-order chi connectivity index (χ1) is 8.66. The zero-order valence-corrected chi connectivity index (χ0v) is 9.47. The highest BCUT2D eigenvalue weighted by Crippen LogP contribution is 1.95. The first-order valence-electron chi connectivity index (χ1n) is 5.07. The van der Waals surface area contributed by atoms with Gasteiger partial charge in [-0.1, -0.05) is 0 Å². The lowest BCUT2D eigenvalue weighted by atomic mass is 10.3. The van der Waals surface area contributed by atoms with Crippen LogP contribution in [0, 0.1) is 6.92 Å². The first kappa shape index (κ1) is 11.7. The number of aromatic nitrogens is 4. The van der Waals surface area contributed by atoms with Crippen molar-refractivity contribution in [3.8, 4) is 0 Å². The molecule has 0 radical (unpaired) electrons. The molecular weight excluding hydrogens is 236 g/mol. The molecule has 0 spiro atoms. The fraction of sp³-hybridized carbons (Fsp3) is 0.100. The number of pyridine rings is 1. The van der Waals surface area contributed by atoms with Gasteiger partial charge in [-0.2, -0.15) is 0 Å². The third kappa shape index (κ3) is 2.67. The first-order valence-corrected chi connectivity index (χ1v) is 5.07. The largest absolute Gasteiger partial charge is 0.288 e. The molecule has 0 fully saturated rings. The molecule has 0 saturated heterocycles. The summed E-state index contributed by atoms with van der Waals surface area (Å²) in [6.45, 7) is 1.53. The van der Waals surface area contributed by atoms with Crippen molar-refractivity contribution >= 4 is 11.9 Å². The van der Waals surface area contributed by atoms with E-state index in [0.717, 1.165) is 0 Å². The summed E-state index contributed by atoms with van der Waals surface area (Å²) >= 11 is 0. The third-order valence-corrected chi connectivity index (χ3v) is 2.08. The van der Waals surface area contributed by atoms with E-state index in [2.05, 4.69) is 31.0 Å². The van der Waals surface area contributed by atoms with Gasteiger partial charge in [0.2, 0.25) is 5.95 Å². The van der Waals surface area contributed by atoms with E-state index in [0.29, 0.717) is 5.56 Å². The number of amides is 1. The zero-order valence-electron chi connectivity index (χ0n) is 9.47. The molecule has 0 aliphatic heterocycles. The predicted octanol–water partition coefficient (Wildman–Crippen LogP) is -0.375. The topological polar surface area (TPSA) is 113 Å². The maximum absolute atomic E-state index is 11.6. The highest BCUT2D eigenvalue weighted by Gasteiger charge is 2.05. The third-order valence-electron chi connectivity index (χ3n) is 2.08. The van der Waals surface area contributed by atoms with Gasteiger partial charge >= 0.3 is 0 Å². The van der Waals surface area contributed by atoms with Crippen molar-refractivity contribution in [2.45, 2.75) is 6.92 Å². The minimum Gasteiger partial charge on any atom is -0.288 e. The number of hydrazine groups is 1. The second-order valence-electron chi connectivity index (χ2n) is 3.41. The fourth-order valence-electron chi connectivity index (χ4n) is 1.13. The number of aryl methyl sites for hydroxylation is 1. The number of hydrogen-bond donors (Lipinski definition) is 3. The molecule has 18 heavy (non-hydrogen) atoms. The van der Waals surface area contributed by atoms with E-state index in [1.807, 2.05) is 0 Å². The summed E-state index contributed by atoms with van der Waals surface area (Å²) in [7, 11) is 0. The van der Waals surface area contributed by atoms with Gasteiger partial charge in [-0.25, -0.2) is 0 Å². The lowest BCUT2D eigenvalue weighted by Crippen LogP contribution is -2.31. The normalized spacial score (nSPS) is 9.83. The van der Waals surface area contributed by atoms with Crippen LogP contribution < -0.4 is 16.4 Å². The molecule has 0 aliphatic rings. The average molecular weight is 246 g/mol. The molecule has 0 unspecified atom stereocenters. The van der Waals surface area contributed by atoms with E-state index in [1.165, 1.54) is 13.1 Å². The molecule has 2 aromatic heterocycles. The van der Waals surface area contributed by atoms with Crippen LogP contribution in [0.5, 0.6) is 0 Å². The van der Waals surface area contributed by atoms with Crippen molar-refractivity contribution in [3.05, 3.63) is 46.1 Å². The average Bonchev–Trinajstić information content (AvgIpc) is 2.41. The van der Waals surface area contributed by atoms with Gasteiger partial charge in [-0.05, 0) is 19.1 Å². The van der Waals surface area contributed by atoms with Crippen molar-refractivity contribution in [1.82, 2.24) is 25.6 Å². The number of anilines is 1. The number of hydrogen-bond acceptors (Lipinski definition) is 6. The van der Waals surface area contributed by atoms with Crippen LogP contribution in [0.2, 0.25) is 0 Å². The van der Waals surface area contributed by atoms with Crippen LogP contribution in [0.1, 0.15) is 16.1 Å². The number of carbonyl (C=O) groups excluding carboxylic acids is 1. The molecule has 0 aliphatic carbocycles. The smallest absolute Gasteiger partial charge is 0.274 e. The van der Waals surface area contributed by atoms with Crippen LogP contribution in [0.4, 0.5) is 5.95 Å². The lowest BCUT2D eigenvalue weighted by molar-refractivity contribution is 0.0962. The second-order valence-corrected chi connectivity index (χ2v) is 3.41. The Morgan fingerprint density at radius 3 is 2.89 bits per heavy atom. The van der Waals surface area contributed by atoms with Gasteiger partial charge in [0.05, 0.1) is 5.56 Å². The van der Waals surface area contributed by atoms with E-state index >= 15 is 0 Å². The van der Waals surface area contributed by atoms with Gasteiger partial charge in [-0.3, -0.25) is 30.4 Å². The number of rotatable bonds is 3. The summed E-state index contributed by atoms with van der Waals surface area (Å²) in [5.41, 5.74) is 5.07. The summed E-state index contributed by atoms with van der Waals surface area (Å²) in [4.78, 5) is 29.1. The highest BCUT2D eigenvalue weighted by atomic mass is 16.2. The molecule has 0 atom stereocenters. The summed E-state index contributed by atoms with van der Waals surface area (Å²) in [6.07, 6.45) is 2.98. The van der Waals surface area contributed by atoms with Gasteiger partial charge in [0.15, 0.2) is 0 Å². The van der Waals surface area contributed by atoms with Crippen molar-refractivity contribution < 1.29 is 4.79 Å². The zero-order chi connectivity index (χ0) is 13.0. The van der Waals surface area contributed by atoms with E-state index in [-0.39, 0.29) is 17.2 Å². The molecule has 3 N–H and O–H groups in total. The molecule has 0 saturated carbocycles. The molecule has 0 aromatic carbocycles. The van der Waals surface area contributed by atoms with Crippen LogP contribution in [0.25, 0.3) is 0 Å². The maximum Gasteiger partial charge on any atom is 0.274 e.